The Hall–Kier alpha value is -1.29. The van der Waals surface area contributed by atoms with Gasteiger partial charge in [0.05, 0.1) is 0 Å². The molecule has 9 heteroatoms. The molecular weight excluding hydrogens is 368 g/mol. The number of thiophene rings is 1. The summed E-state index contributed by atoms with van der Waals surface area (Å²) in [7, 11) is -3.59. The van der Waals surface area contributed by atoms with E-state index in [1.807, 2.05) is 0 Å². The summed E-state index contributed by atoms with van der Waals surface area (Å²) in [5.74, 6) is -1.13. The van der Waals surface area contributed by atoms with Crippen LogP contribution in [-0.4, -0.2) is 24.5 Å². The van der Waals surface area contributed by atoms with E-state index in [1.54, 1.807) is 11.4 Å². The van der Waals surface area contributed by atoms with Crippen molar-refractivity contribution in [3.63, 3.8) is 0 Å². The predicted molar refractivity (Wildman–Crippen MR) is 77.2 cm³/mol. The molecule has 0 radical (unpaired) electrons. The fourth-order valence-electron chi connectivity index (χ4n) is 1.37. The number of carbonyl (C=O) groups is 1. The van der Waals surface area contributed by atoms with Crippen molar-refractivity contribution in [2.24, 2.45) is 0 Å². The summed E-state index contributed by atoms with van der Waals surface area (Å²) in [6.07, 6.45) is 1.33. The van der Waals surface area contributed by atoms with Crippen molar-refractivity contribution < 1.29 is 18.3 Å². The third-order valence-corrected chi connectivity index (χ3v) is 6.41. The van der Waals surface area contributed by atoms with Gasteiger partial charge in [-0.1, -0.05) is 6.07 Å². The largest absolute Gasteiger partial charge is 0.477 e. The Morgan fingerprint density at radius 3 is 2.65 bits per heavy atom. The zero-order valence-electron chi connectivity index (χ0n) is 9.91. The van der Waals surface area contributed by atoms with Gasteiger partial charge < -0.3 is 5.11 Å². The Balaban J connectivity index is 2.09. The predicted octanol–water partition coefficient (Wildman–Crippen LogP) is 2.08. The molecule has 20 heavy (non-hydrogen) atoms. The molecule has 0 aliphatic carbocycles. The first-order valence-electron chi connectivity index (χ1n) is 5.31. The third kappa shape index (κ3) is 3.42. The average molecular weight is 377 g/mol. The zero-order valence-corrected chi connectivity index (χ0v) is 13.1. The second-order valence-corrected chi connectivity index (χ2v) is 7.47. The summed E-state index contributed by atoms with van der Waals surface area (Å²) in [6.45, 7) is 0.0412. The molecule has 0 unspecified atom stereocenters. The van der Waals surface area contributed by atoms with E-state index in [0.717, 1.165) is 11.3 Å². The topological polar surface area (TPSA) is 96.4 Å². The van der Waals surface area contributed by atoms with E-state index in [4.69, 9.17) is 5.11 Å². The van der Waals surface area contributed by atoms with Crippen molar-refractivity contribution in [2.75, 3.05) is 0 Å². The molecule has 0 saturated heterocycles. The molecule has 2 aromatic rings. The molecule has 2 N–H and O–H groups in total. The van der Waals surface area contributed by atoms with Gasteiger partial charge in [0.1, 0.15) is 9.90 Å². The summed E-state index contributed by atoms with van der Waals surface area (Å²) >= 11 is 4.27. The molecule has 2 heterocycles. The molecule has 6 nitrogen and oxygen atoms in total. The van der Waals surface area contributed by atoms with E-state index in [2.05, 4.69) is 25.6 Å². The molecule has 0 bridgehead atoms. The van der Waals surface area contributed by atoms with Gasteiger partial charge in [0.15, 0.2) is 0 Å². The second kappa shape index (κ2) is 6.00. The molecule has 0 aliphatic rings. The van der Waals surface area contributed by atoms with Crippen LogP contribution in [-0.2, 0) is 16.6 Å². The van der Waals surface area contributed by atoms with Crippen LogP contribution in [0.5, 0.6) is 0 Å². The Bertz CT molecular complexity index is 725. The minimum absolute atomic E-state index is 0.0412. The number of hydrogen-bond donors (Lipinski definition) is 2. The van der Waals surface area contributed by atoms with Gasteiger partial charge in [0.2, 0.25) is 0 Å². The minimum Gasteiger partial charge on any atom is -0.477 e. The van der Waals surface area contributed by atoms with Crippen LogP contribution in [0, 0.1) is 0 Å². The number of sulfonamides is 1. The normalized spacial score (nSPS) is 11.4. The lowest BCUT2D eigenvalue weighted by atomic mass is 10.2. The smallest absolute Gasteiger partial charge is 0.354 e. The lowest BCUT2D eigenvalue weighted by Crippen LogP contribution is -2.22. The summed E-state index contributed by atoms with van der Waals surface area (Å²) in [5, 5.41) is 10.4. The fraction of sp³-hybridized carbons (Fsp3) is 0.0909. The quantitative estimate of drug-likeness (QED) is 0.832. The Kier molecular flexibility index (Phi) is 4.53. The van der Waals surface area contributed by atoms with Gasteiger partial charge in [-0.15, -0.1) is 11.3 Å². The van der Waals surface area contributed by atoms with E-state index >= 15 is 0 Å². The Morgan fingerprint density at radius 2 is 2.15 bits per heavy atom. The number of pyridine rings is 1. The molecule has 0 atom stereocenters. The van der Waals surface area contributed by atoms with Crippen LogP contribution in [0.25, 0.3) is 0 Å². The van der Waals surface area contributed by atoms with E-state index in [-0.39, 0.29) is 16.4 Å². The number of aromatic nitrogens is 1. The summed E-state index contributed by atoms with van der Waals surface area (Å²) in [5.41, 5.74) is 0.490. The highest BCUT2D eigenvalue weighted by Gasteiger charge is 2.18. The fourth-order valence-corrected chi connectivity index (χ4v) is 4.77. The number of carboxylic acid groups (broad SMARTS) is 1. The van der Waals surface area contributed by atoms with Crippen LogP contribution in [0.4, 0.5) is 0 Å². The van der Waals surface area contributed by atoms with Crippen molar-refractivity contribution in [2.45, 2.75) is 10.8 Å². The first kappa shape index (κ1) is 15.1. The highest BCUT2D eigenvalue weighted by molar-refractivity contribution is 9.10. The Morgan fingerprint density at radius 1 is 1.40 bits per heavy atom. The van der Waals surface area contributed by atoms with E-state index in [0.29, 0.717) is 10.0 Å². The molecule has 0 aliphatic heterocycles. The average Bonchev–Trinajstić information content (AvgIpc) is 2.84. The van der Waals surface area contributed by atoms with Crippen molar-refractivity contribution >= 4 is 43.3 Å². The molecule has 0 fully saturated rings. The summed E-state index contributed by atoms with van der Waals surface area (Å²) < 4.78 is 27.2. The lowest BCUT2D eigenvalue weighted by molar-refractivity contribution is 0.0690. The maximum absolute atomic E-state index is 12.0. The van der Waals surface area contributed by atoms with Crippen LogP contribution >= 0.6 is 27.3 Å². The summed E-state index contributed by atoms with van der Waals surface area (Å²) in [6, 6.07) is 4.50. The van der Waals surface area contributed by atoms with Crippen molar-refractivity contribution in [1.29, 1.82) is 0 Å². The van der Waals surface area contributed by atoms with Gasteiger partial charge in [0, 0.05) is 17.2 Å². The van der Waals surface area contributed by atoms with E-state index in [9.17, 15) is 13.2 Å². The van der Waals surface area contributed by atoms with Gasteiger partial charge in [-0.25, -0.2) is 22.9 Å². The van der Waals surface area contributed by atoms with Gasteiger partial charge in [-0.3, -0.25) is 0 Å². The molecule has 2 rings (SSSR count). The van der Waals surface area contributed by atoms with Crippen LogP contribution < -0.4 is 4.72 Å². The van der Waals surface area contributed by atoms with E-state index in [1.165, 1.54) is 18.3 Å². The maximum atomic E-state index is 12.0. The maximum Gasteiger partial charge on any atom is 0.354 e. The molecular formula is C11H9BrN2O4S2. The standard InChI is InChI=1S/C11H9BrN2O4S2/c12-8-3-4-19-11(8)20(17,18)14-6-7-1-2-9(10(15)16)13-5-7/h1-5,14H,6H2,(H,15,16). The van der Waals surface area contributed by atoms with Crippen LogP contribution in [0.1, 0.15) is 16.1 Å². The highest BCUT2D eigenvalue weighted by Crippen LogP contribution is 2.27. The van der Waals surface area contributed by atoms with Crippen LogP contribution in [0.2, 0.25) is 0 Å². The molecule has 0 aromatic carbocycles. The zero-order chi connectivity index (χ0) is 14.8. The molecule has 106 valence electrons. The number of carboxylic acids is 1. The third-order valence-electron chi connectivity index (χ3n) is 2.34. The Labute approximate surface area is 127 Å². The number of nitrogens with one attached hydrogen (secondary N) is 1. The number of aromatic carboxylic acids is 1. The van der Waals surface area contributed by atoms with Gasteiger partial charge >= 0.3 is 5.97 Å². The summed E-state index contributed by atoms with van der Waals surface area (Å²) in [4.78, 5) is 14.4. The molecule has 2 aromatic heterocycles. The number of hydrogen-bond acceptors (Lipinski definition) is 5. The van der Waals surface area contributed by atoms with Crippen molar-refractivity contribution in [1.82, 2.24) is 9.71 Å². The minimum atomic E-state index is -3.59. The van der Waals surface area contributed by atoms with Crippen LogP contribution in [0.3, 0.4) is 0 Å². The lowest BCUT2D eigenvalue weighted by Gasteiger charge is -2.05. The highest BCUT2D eigenvalue weighted by atomic mass is 79.9. The van der Waals surface area contributed by atoms with Gasteiger partial charge in [0.25, 0.3) is 10.0 Å². The molecule has 0 spiro atoms. The number of nitrogens with zero attached hydrogens (tertiary/aromatic N) is 1. The van der Waals surface area contributed by atoms with E-state index < -0.39 is 16.0 Å². The number of halogens is 1. The first-order chi connectivity index (χ1) is 9.40. The molecule has 0 saturated carbocycles. The van der Waals surface area contributed by atoms with Crippen molar-refractivity contribution in [3.8, 4) is 0 Å². The van der Waals surface area contributed by atoms with Gasteiger partial charge in [-0.05, 0) is 39.0 Å². The van der Waals surface area contributed by atoms with Gasteiger partial charge in [-0.2, -0.15) is 0 Å². The second-order valence-electron chi connectivity index (χ2n) is 3.74. The first-order valence-corrected chi connectivity index (χ1v) is 8.46. The van der Waals surface area contributed by atoms with Crippen LogP contribution in [0.15, 0.2) is 38.5 Å². The van der Waals surface area contributed by atoms with Crippen molar-refractivity contribution in [3.05, 3.63) is 45.5 Å². The monoisotopic (exact) mass is 376 g/mol. The molecule has 0 amide bonds. The SMILES string of the molecule is O=C(O)c1ccc(CNS(=O)(=O)c2sccc2Br)cn1. The number of rotatable bonds is 5.